The number of H-pyrrole nitrogens is 1. The van der Waals surface area contributed by atoms with Gasteiger partial charge in [-0.25, -0.2) is 0 Å². The van der Waals surface area contributed by atoms with E-state index in [9.17, 15) is 0 Å². The maximum absolute atomic E-state index is 6.20. The molecule has 3 rings (SSSR count). The van der Waals surface area contributed by atoms with E-state index in [2.05, 4.69) is 4.98 Å². The maximum atomic E-state index is 6.20. The summed E-state index contributed by atoms with van der Waals surface area (Å²) in [6.45, 7) is 0. The first-order chi connectivity index (χ1) is 8.65. The van der Waals surface area contributed by atoms with Crippen molar-refractivity contribution in [2.75, 3.05) is 0 Å². The molecule has 0 unspecified atom stereocenters. The van der Waals surface area contributed by atoms with Gasteiger partial charge in [-0.3, -0.25) is 0 Å². The molecule has 0 spiro atoms. The van der Waals surface area contributed by atoms with E-state index >= 15 is 0 Å². The van der Waals surface area contributed by atoms with Crippen molar-refractivity contribution >= 4 is 45.7 Å². The van der Waals surface area contributed by atoms with Crippen LogP contribution in [0.1, 0.15) is 0 Å². The quantitative estimate of drug-likeness (QED) is 0.547. The molecule has 0 saturated carbocycles. The zero-order valence-electron chi connectivity index (χ0n) is 9.18. The molecule has 0 aliphatic heterocycles. The lowest BCUT2D eigenvalue weighted by atomic mass is 10.1. The van der Waals surface area contributed by atoms with Gasteiger partial charge in [-0.15, -0.1) is 0 Å². The number of hydrogen-bond donors (Lipinski definition) is 1. The molecule has 0 aliphatic rings. The molecule has 1 aromatic heterocycles. The van der Waals surface area contributed by atoms with Crippen molar-refractivity contribution < 1.29 is 0 Å². The van der Waals surface area contributed by atoms with Crippen molar-refractivity contribution in [3.63, 3.8) is 0 Å². The number of benzene rings is 2. The predicted octanol–water partition coefficient (Wildman–Crippen LogP) is 5.80. The molecule has 0 saturated heterocycles. The van der Waals surface area contributed by atoms with Crippen LogP contribution in [0.3, 0.4) is 0 Å². The number of halogens is 3. The van der Waals surface area contributed by atoms with Gasteiger partial charge < -0.3 is 4.98 Å². The van der Waals surface area contributed by atoms with E-state index in [4.69, 9.17) is 34.8 Å². The summed E-state index contributed by atoms with van der Waals surface area (Å²) in [5.74, 6) is 0. The monoisotopic (exact) mass is 295 g/mol. The summed E-state index contributed by atoms with van der Waals surface area (Å²) in [6.07, 6.45) is 0. The summed E-state index contributed by atoms with van der Waals surface area (Å²) < 4.78 is 0. The molecule has 0 fully saturated rings. The van der Waals surface area contributed by atoms with Crippen LogP contribution in [0.5, 0.6) is 0 Å². The number of aromatic amines is 1. The SMILES string of the molecule is Clc1cc(Cl)c(-c2cc3ccccc3[nH]2)cc1Cl. The second kappa shape index (κ2) is 4.51. The Morgan fingerprint density at radius 2 is 1.50 bits per heavy atom. The van der Waals surface area contributed by atoms with Gasteiger partial charge in [0, 0.05) is 22.2 Å². The Morgan fingerprint density at radius 1 is 0.778 bits per heavy atom. The summed E-state index contributed by atoms with van der Waals surface area (Å²) in [6, 6.07) is 13.5. The third kappa shape index (κ3) is 1.99. The summed E-state index contributed by atoms with van der Waals surface area (Å²) in [4.78, 5) is 3.31. The number of para-hydroxylation sites is 1. The molecule has 0 radical (unpaired) electrons. The molecule has 2 aromatic carbocycles. The van der Waals surface area contributed by atoms with Crippen LogP contribution in [-0.2, 0) is 0 Å². The van der Waals surface area contributed by atoms with Gasteiger partial charge in [-0.05, 0) is 24.3 Å². The largest absolute Gasteiger partial charge is 0.354 e. The Balaban J connectivity index is 2.22. The van der Waals surface area contributed by atoms with Crippen LogP contribution in [0.2, 0.25) is 15.1 Å². The lowest BCUT2D eigenvalue weighted by Gasteiger charge is -2.04. The van der Waals surface area contributed by atoms with Crippen molar-refractivity contribution in [1.82, 2.24) is 4.98 Å². The van der Waals surface area contributed by atoms with Crippen molar-refractivity contribution in [2.45, 2.75) is 0 Å². The van der Waals surface area contributed by atoms with Gasteiger partial charge in [0.1, 0.15) is 0 Å². The standard InChI is InChI=1S/C14H8Cl3N/c15-10-7-12(17)11(16)6-9(10)14-5-8-3-1-2-4-13(8)18-14/h1-7,18H. The predicted molar refractivity (Wildman–Crippen MR) is 78.8 cm³/mol. The third-order valence-electron chi connectivity index (χ3n) is 2.83. The van der Waals surface area contributed by atoms with Gasteiger partial charge in [-0.1, -0.05) is 53.0 Å². The molecular weight excluding hydrogens is 289 g/mol. The lowest BCUT2D eigenvalue weighted by molar-refractivity contribution is 1.45. The van der Waals surface area contributed by atoms with Crippen LogP contribution in [0.15, 0.2) is 42.5 Å². The minimum Gasteiger partial charge on any atom is -0.354 e. The number of fused-ring (bicyclic) bond motifs is 1. The first-order valence-corrected chi connectivity index (χ1v) is 6.51. The zero-order valence-corrected chi connectivity index (χ0v) is 11.4. The van der Waals surface area contributed by atoms with Crippen LogP contribution in [0.25, 0.3) is 22.2 Å². The lowest BCUT2D eigenvalue weighted by Crippen LogP contribution is -1.80. The minimum atomic E-state index is 0.460. The minimum absolute atomic E-state index is 0.460. The van der Waals surface area contributed by atoms with Crippen LogP contribution < -0.4 is 0 Å². The molecule has 1 nitrogen and oxygen atoms in total. The zero-order chi connectivity index (χ0) is 12.7. The molecule has 1 N–H and O–H groups in total. The highest BCUT2D eigenvalue weighted by Crippen LogP contribution is 2.35. The Morgan fingerprint density at radius 3 is 2.28 bits per heavy atom. The number of hydrogen-bond acceptors (Lipinski definition) is 0. The van der Waals surface area contributed by atoms with Gasteiger partial charge in [-0.2, -0.15) is 0 Å². The third-order valence-corrected chi connectivity index (χ3v) is 3.86. The summed E-state index contributed by atoms with van der Waals surface area (Å²) in [7, 11) is 0. The van der Waals surface area contributed by atoms with Crippen LogP contribution in [0.4, 0.5) is 0 Å². The summed E-state index contributed by atoms with van der Waals surface area (Å²) >= 11 is 18.2. The highest BCUT2D eigenvalue weighted by atomic mass is 35.5. The molecule has 0 amide bonds. The molecule has 0 bridgehead atoms. The number of aromatic nitrogens is 1. The van der Waals surface area contributed by atoms with Crippen molar-refractivity contribution in [1.29, 1.82) is 0 Å². The number of nitrogens with one attached hydrogen (secondary N) is 1. The second-order valence-electron chi connectivity index (χ2n) is 4.02. The van der Waals surface area contributed by atoms with E-state index in [1.54, 1.807) is 12.1 Å². The van der Waals surface area contributed by atoms with Gasteiger partial charge in [0.15, 0.2) is 0 Å². The van der Waals surface area contributed by atoms with Crippen LogP contribution >= 0.6 is 34.8 Å². The van der Waals surface area contributed by atoms with E-state index in [1.165, 1.54) is 0 Å². The van der Waals surface area contributed by atoms with E-state index in [0.29, 0.717) is 15.1 Å². The second-order valence-corrected chi connectivity index (χ2v) is 5.24. The average Bonchev–Trinajstić information content (AvgIpc) is 2.77. The molecule has 0 atom stereocenters. The Labute approximate surface area is 119 Å². The van der Waals surface area contributed by atoms with E-state index < -0.39 is 0 Å². The molecule has 1 heterocycles. The molecular formula is C14H8Cl3N. The summed E-state index contributed by atoms with van der Waals surface area (Å²) in [5, 5.41) is 2.67. The van der Waals surface area contributed by atoms with Crippen molar-refractivity contribution in [3.05, 3.63) is 57.5 Å². The maximum Gasteiger partial charge on any atom is 0.0607 e. The molecule has 3 aromatic rings. The van der Waals surface area contributed by atoms with Crippen LogP contribution in [0, 0.1) is 0 Å². The van der Waals surface area contributed by atoms with Gasteiger partial charge in [0.25, 0.3) is 0 Å². The normalized spacial score (nSPS) is 11.1. The molecule has 90 valence electrons. The fourth-order valence-corrected chi connectivity index (χ4v) is 2.60. The Bertz CT molecular complexity index is 698. The first kappa shape index (κ1) is 11.9. The van der Waals surface area contributed by atoms with Gasteiger partial charge >= 0.3 is 0 Å². The van der Waals surface area contributed by atoms with Gasteiger partial charge in [0.05, 0.1) is 15.1 Å². The van der Waals surface area contributed by atoms with Crippen molar-refractivity contribution in [2.24, 2.45) is 0 Å². The fourth-order valence-electron chi connectivity index (χ4n) is 1.95. The van der Waals surface area contributed by atoms with Crippen LogP contribution in [-0.4, -0.2) is 4.98 Å². The Hall–Kier alpha value is -1.15. The smallest absolute Gasteiger partial charge is 0.0607 e. The molecule has 0 aliphatic carbocycles. The first-order valence-electron chi connectivity index (χ1n) is 5.38. The van der Waals surface area contributed by atoms with Gasteiger partial charge in [0.2, 0.25) is 0 Å². The molecule has 4 heteroatoms. The summed E-state index contributed by atoms with van der Waals surface area (Å²) in [5.41, 5.74) is 2.84. The Kier molecular flexibility index (Phi) is 2.98. The highest BCUT2D eigenvalue weighted by Gasteiger charge is 2.10. The topological polar surface area (TPSA) is 15.8 Å². The van der Waals surface area contributed by atoms with E-state index in [1.807, 2.05) is 30.3 Å². The molecule has 18 heavy (non-hydrogen) atoms. The fraction of sp³-hybridized carbons (Fsp3) is 0. The average molecular weight is 297 g/mol. The van der Waals surface area contributed by atoms with E-state index in [-0.39, 0.29) is 0 Å². The van der Waals surface area contributed by atoms with E-state index in [0.717, 1.165) is 22.2 Å². The number of rotatable bonds is 1. The van der Waals surface area contributed by atoms with Crippen molar-refractivity contribution in [3.8, 4) is 11.3 Å². The highest BCUT2D eigenvalue weighted by molar-refractivity contribution is 6.44.